The van der Waals surface area contributed by atoms with Crippen LogP contribution in [0.15, 0.2) is 59.7 Å². The predicted molar refractivity (Wildman–Crippen MR) is 91.1 cm³/mol. The summed E-state index contributed by atoms with van der Waals surface area (Å²) in [6.45, 7) is 1.92. The third kappa shape index (κ3) is 2.44. The number of hydrazone groups is 1. The molecular formula is C18H18N4O. The molecule has 1 unspecified atom stereocenters. The number of anilines is 2. The first kappa shape index (κ1) is 13.8. The second-order valence-corrected chi connectivity index (χ2v) is 5.90. The molecule has 5 nitrogen and oxygen atoms in total. The number of carbonyl (C=O) groups excluding carboxylic acids is 1. The first-order chi connectivity index (χ1) is 11.2. The molecule has 0 aromatic heterocycles. The van der Waals surface area contributed by atoms with Gasteiger partial charge in [-0.05, 0) is 31.0 Å². The van der Waals surface area contributed by atoms with Gasteiger partial charge < -0.3 is 10.6 Å². The van der Waals surface area contributed by atoms with Crippen LogP contribution < -0.4 is 10.6 Å². The van der Waals surface area contributed by atoms with Gasteiger partial charge in [0.1, 0.15) is 0 Å². The van der Waals surface area contributed by atoms with Gasteiger partial charge in [-0.3, -0.25) is 4.79 Å². The van der Waals surface area contributed by atoms with E-state index in [4.69, 9.17) is 0 Å². The molecule has 0 spiro atoms. The SMILES string of the molecule is CC1=NN(C2Nc3ccccc3N2)C(=O)C1Cc1ccccc1. The minimum absolute atomic E-state index is 0.0316. The van der Waals surface area contributed by atoms with Crippen molar-refractivity contribution in [2.24, 2.45) is 11.0 Å². The second kappa shape index (κ2) is 5.43. The van der Waals surface area contributed by atoms with E-state index in [-0.39, 0.29) is 18.1 Å². The van der Waals surface area contributed by atoms with Gasteiger partial charge in [-0.15, -0.1) is 0 Å². The predicted octanol–water partition coefficient (Wildman–Crippen LogP) is 2.88. The first-order valence-corrected chi connectivity index (χ1v) is 7.76. The zero-order chi connectivity index (χ0) is 15.8. The van der Waals surface area contributed by atoms with E-state index in [1.54, 1.807) is 0 Å². The zero-order valence-electron chi connectivity index (χ0n) is 12.9. The number of nitrogens with zero attached hydrogens (tertiary/aromatic N) is 2. The maximum Gasteiger partial charge on any atom is 0.255 e. The molecule has 0 saturated heterocycles. The van der Waals surface area contributed by atoms with Crippen LogP contribution in [0.3, 0.4) is 0 Å². The van der Waals surface area contributed by atoms with Crippen molar-refractivity contribution in [2.45, 2.75) is 19.6 Å². The molecular weight excluding hydrogens is 288 g/mol. The number of hydrogen-bond acceptors (Lipinski definition) is 4. The Balaban J connectivity index is 1.51. The Hall–Kier alpha value is -2.82. The van der Waals surface area contributed by atoms with Crippen LogP contribution in [0.2, 0.25) is 0 Å². The van der Waals surface area contributed by atoms with Gasteiger partial charge in [0.25, 0.3) is 5.91 Å². The van der Waals surface area contributed by atoms with Crippen LogP contribution in [0, 0.1) is 5.92 Å². The Morgan fingerprint density at radius 1 is 1.00 bits per heavy atom. The quantitative estimate of drug-likeness (QED) is 0.917. The van der Waals surface area contributed by atoms with Gasteiger partial charge in [0, 0.05) is 5.71 Å². The highest BCUT2D eigenvalue weighted by Gasteiger charge is 2.39. The summed E-state index contributed by atoms with van der Waals surface area (Å²) >= 11 is 0. The summed E-state index contributed by atoms with van der Waals surface area (Å²) in [5.74, 6) is -0.158. The van der Waals surface area contributed by atoms with Crippen LogP contribution >= 0.6 is 0 Å². The summed E-state index contributed by atoms with van der Waals surface area (Å²) in [6.07, 6.45) is 0.362. The fourth-order valence-electron chi connectivity index (χ4n) is 3.08. The second-order valence-electron chi connectivity index (χ2n) is 5.90. The monoisotopic (exact) mass is 306 g/mol. The van der Waals surface area contributed by atoms with Crippen LogP contribution in [-0.4, -0.2) is 22.9 Å². The standard InChI is InChI=1S/C18H18N4O/c1-12-14(11-13-7-3-2-4-8-13)17(23)22(21-12)18-19-15-9-5-6-10-16(15)20-18/h2-10,14,18-20H,11H2,1H3. The summed E-state index contributed by atoms with van der Waals surface area (Å²) in [6, 6.07) is 18.0. The number of fused-ring (bicyclic) bond motifs is 1. The average molecular weight is 306 g/mol. The van der Waals surface area contributed by atoms with Crippen molar-refractivity contribution in [1.29, 1.82) is 0 Å². The molecule has 2 aliphatic rings. The van der Waals surface area contributed by atoms with Crippen molar-refractivity contribution < 1.29 is 4.79 Å². The van der Waals surface area contributed by atoms with Gasteiger partial charge >= 0.3 is 0 Å². The van der Waals surface area contributed by atoms with Crippen LogP contribution in [0.1, 0.15) is 12.5 Å². The molecule has 2 aromatic carbocycles. The highest BCUT2D eigenvalue weighted by atomic mass is 16.2. The van der Waals surface area contributed by atoms with E-state index in [2.05, 4.69) is 15.7 Å². The summed E-state index contributed by atoms with van der Waals surface area (Å²) < 4.78 is 0. The minimum atomic E-state index is -0.323. The van der Waals surface area contributed by atoms with E-state index < -0.39 is 0 Å². The summed E-state index contributed by atoms with van der Waals surface area (Å²) in [4.78, 5) is 12.8. The van der Waals surface area contributed by atoms with E-state index >= 15 is 0 Å². The molecule has 1 amide bonds. The van der Waals surface area contributed by atoms with Crippen molar-refractivity contribution in [1.82, 2.24) is 5.01 Å². The molecule has 0 radical (unpaired) electrons. The lowest BCUT2D eigenvalue weighted by Crippen LogP contribution is -2.43. The maximum absolute atomic E-state index is 12.8. The molecule has 23 heavy (non-hydrogen) atoms. The molecule has 116 valence electrons. The molecule has 0 saturated carbocycles. The van der Waals surface area contributed by atoms with E-state index in [0.717, 1.165) is 22.6 Å². The van der Waals surface area contributed by atoms with Crippen LogP contribution in [0.25, 0.3) is 0 Å². The average Bonchev–Trinajstić information content (AvgIpc) is 3.12. The summed E-state index contributed by atoms with van der Waals surface area (Å²) in [5, 5.41) is 12.6. The number of hydrogen-bond donors (Lipinski definition) is 2. The van der Waals surface area contributed by atoms with Gasteiger partial charge in [-0.1, -0.05) is 42.5 Å². The Morgan fingerprint density at radius 3 is 2.26 bits per heavy atom. The zero-order valence-corrected chi connectivity index (χ0v) is 12.9. The van der Waals surface area contributed by atoms with Gasteiger partial charge in [0.2, 0.25) is 0 Å². The molecule has 2 N–H and O–H groups in total. The number of nitrogens with one attached hydrogen (secondary N) is 2. The van der Waals surface area contributed by atoms with Crippen molar-refractivity contribution in [3.63, 3.8) is 0 Å². The van der Waals surface area contributed by atoms with Crippen molar-refractivity contribution in [3.8, 4) is 0 Å². The normalized spacial score (nSPS) is 20.0. The van der Waals surface area contributed by atoms with E-state index in [9.17, 15) is 4.79 Å². The van der Waals surface area contributed by atoms with Gasteiger partial charge in [0.05, 0.1) is 17.3 Å². The van der Waals surface area contributed by atoms with Gasteiger partial charge in [0.15, 0.2) is 6.29 Å². The smallest absolute Gasteiger partial charge is 0.255 e. The fraction of sp³-hybridized carbons (Fsp3) is 0.222. The van der Waals surface area contributed by atoms with E-state index in [0.29, 0.717) is 6.42 Å². The molecule has 2 aliphatic heterocycles. The molecule has 1 atom stereocenters. The highest BCUT2D eigenvalue weighted by Crippen LogP contribution is 2.31. The molecule has 0 aliphatic carbocycles. The van der Waals surface area contributed by atoms with Crippen LogP contribution in [0.4, 0.5) is 11.4 Å². The summed E-state index contributed by atoms with van der Waals surface area (Å²) in [5.41, 5.74) is 3.99. The fourth-order valence-corrected chi connectivity index (χ4v) is 3.08. The van der Waals surface area contributed by atoms with Gasteiger partial charge in [-0.25, -0.2) is 0 Å². The molecule has 2 heterocycles. The molecule has 5 heteroatoms. The Labute approximate surface area is 135 Å². The molecule has 0 fully saturated rings. The third-order valence-electron chi connectivity index (χ3n) is 4.33. The maximum atomic E-state index is 12.8. The Bertz CT molecular complexity index is 747. The lowest BCUT2D eigenvalue weighted by atomic mass is 9.95. The highest BCUT2D eigenvalue weighted by molar-refractivity contribution is 6.07. The van der Waals surface area contributed by atoms with E-state index in [1.165, 1.54) is 5.01 Å². The first-order valence-electron chi connectivity index (χ1n) is 7.76. The minimum Gasteiger partial charge on any atom is -0.345 e. The van der Waals surface area contributed by atoms with Crippen molar-refractivity contribution in [2.75, 3.05) is 10.6 Å². The molecule has 4 rings (SSSR count). The number of para-hydroxylation sites is 2. The number of benzene rings is 2. The van der Waals surface area contributed by atoms with Crippen molar-refractivity contribution >= 4 is 23.0 Å². The largest absolute Gasteiger partial charge is 0.345 e. The van der Waals surface area contributed by atoms with E-state index in [1.807, 2.05) is 61.5 Å². The Morgan fingerprint density at radius 2 is 1.61 bits per heavy atom. The molecule has 0 bridgehead atoms. The summed E-state index contributed by atoms with van der Waals surface area (Å²) in [7, 11) is 0. The number of rotatable bonds is 3. The molecule has 2 aromatic rings. The lowest BCUT2D eigenvalue weighted by Gasteiger charge is -2.22. The Kier molecular flexibility index (Phi) is 3.26. The third-order valence-corrected chi connectivity index (χ3v) is 4.33. The lowest BCUT2D eigenvalue weighted by molar-refractivity contribution is -0.132. The van der Waals surface area contributed by atoms with Crippen LogP contribution in [-0.2, 0) is 11.2 Å². The van der Waals surface area contributed by atoms with Crippen LogP contribution in [0.5, 0.6) is 0 Å². The van der Waals surface area contributed by atoms with Crippen molar-refractivity contribution in [3.05, 3.63) is 60.2 Å². The number of amides is 1. The number of carbonyl (C=O) groups is 1. The topological polar surface area (TPSA) is 56.7 Å². The van der Waals surface area contributed by atoms with Gasteiger partial charge in [-0.2, -0.15) is 10.1 Å².